The van der Waals surface area contributed by atoms with E-state index < -0.39 is 0 Å². The third-order valence-corrected chi connectivity index (χ3v) is 4.75. The first kappa shape index (κ1) is 13.6. The van der Waals surface area contributed by atoms with Crippen LogP contribution in [0.3, 0.4) is 0 Å². The van der Waals surface area contributed by atoms with Crippen LogP contribution >= 0.6 is 39.0 Å². The molecule has 3 nitrogen and oxygen atoms in total. The van der Waals surface area contributed by atoms with Gasteiger partial charge in [0, 0.05) is 14.7 Å². The molecule has 0 atom stereocenters. The molecule has 0 saturated carbocycles. The largest absolute Gasteiger partial charge is 0.253 e. The van der Waals surface area contributed by atoms with Crippen LogP contribution in [0.15, 0.2) is 38.0 Å². The van der Waals surface area contributed by atoms with Crippen molar-refractivity contribution in [3.63, 3.8) is 0 Å². The van der Waals surface area contributed by atoms with Crippen LogP contribution in [-0.2, 0) is 0 Å². The highest BCUT2D eigenvalue weighted by Crippen LogP contribution is 2.26. The van der Waals surface area contributed by atoms with Gasteiger partial charge in [0.15, 0.2) is 0 Å². The molecule has 94 valence electrons. The Kier molecular flexibility index (Phi) is 4.79. The SMILES string of the molecule is CSc1ccc(C=NNc2nc(C)cs2)cc1Br. The molecule has 0 amide bonds. The van der Waals surface area contributed by atoms with E-state index in [1.54, 1.807) is 29.3 Å². The lowest BCUT2D eigenvalue weighted by Crippen LogP contribution is -1.90. The second-order valence-electron chi connectivity index (χ2n) is 3.56. The highest BCUT2D eigenvalue weighted by Gasteiger charge is 1.99. The fourth-order valence-electron chi connectivity index (χ4n) is 1.33. The number of hydrogen-bond donors (Lipinski definition) is 1. The van der Waals surface area contributed by atoms with E-state index in [1.807, 2.05) is 24.4 Å². The Labute approximate surface area is 123 Å². The van der Waals surface area contributed by atoms with Crippen LogP contribution in [0.1, 0.15) is 11.3 Å². The van der Waals surface area contributed by atoms with Crippen LogP contribution in [0.4, 0.5) is 5.13 Å². The predicted octanol–water partition coefficient (Wildman–Crippen LogP) is 4.38. The molecule has 0 unspecified atom stereocenters. The van der Waals surface area contributed by atoms with Crippen molar-refractivity contribution >= 4 is 50.4 Å². The average Bonchev–Trinajstić information content (AvgIpc) is 2.75. The number of thioether (sulfide) groups is 1. The van der Waals surface area contributed by atoms with Gasteiger partial charge in [-0.15, -0.1) is 23.1 Å². The molecule has 1 aromatic heterocycles. The molecule has 0 radical (unpaired) electrons. The Morgan fingerprint density at radius 3 is 2.94 bits per heavy atom. The van der Waals surface area contributed by atoms with Crippen molar-refractivity contribution in [3.8, 4) is 0 Å². The van der Waals surface area contributed by atoms with Gasteiger partial charge in [0.2, 0.25) is 5.13 Å². The van der Waals surface area contributed by atoms with Crippen LogP contribution in [0.2, 0.25) is 0 Å². The van der Waals surface area contributed by atoms with Crippen molar-refractivity contribution in [1.82, 2.24) is 4.98 Å². The summed E-state index contributed by atoms with van der Waals surface area (Å²) >= 11 is 6.79. The zero-order chi connectivity index (χ0) is 13.0. The molecule has 0 saturated heterocycles. The van der Waals surface area contributed by atoms with E-state index in [2.05, 4.69) is 43.8 Å². The molecule has 0 bridgehead atoms. The lowest BCUT2D eigenvalue weighted by Gasteiger charge is -2.01. The van der Waals surface area contributed by atoms with Gasteiger partial charge >= 0.3 is 0 Å². The number of halogens is 1. The second-order valence-corrected chi connectivity index (χ2v) is 6.12. The minimum Gasteiger partial charge on any atom is -0.253 e. The quantitative estimate of drug-likeness (QED) is 0.509. The van der Waals surface area contributed by atoms with Crippen LogP contribution in [-0.4, -0.2) is 17.5 Å². The molecule has 18 heavy (non-hydrogen) atoms. The molecular formula is C12H12BrN3S2. The van der Waals surface area contributed by atoms with Crippen molar-refractivity contribution < 1.29 is 0 Å². The maximum absolute atomic E-state index is 4.27. The summed E-state index contributed by atoms with van der Waals surface area (Å²) in [6, 6.07) is 6.16. The lowest BCUT2D eigenvalue weighted by molar-refractivity contribution is 1.22. The van der Waals surface area contributed by atoms with Crippen LogP contribution < -0.4 is 5.43 Å². The smallest absolute Gasteiger partial charge is 0.203 e. The number of hydrogen-bond acceptors (Lipinski definition) is 5. The molecule has 0 aliphatic carbocycles. The molecule has 1 N–H and O–H groups in total. The normalized spacial score (nSPS) is 11.1. The van der Waals surface area contributed by atoms with Gasteiger partial charge in [-0.25, -0.2) is 4.98 Å². The summed E-state index contributed by atoms with van der Waals surface area (Å²) < 4.78 is 1.09. The molecule has 2 rings (SSSR count). The first-order chi connectivity index (χ1) is 8.69. The number of thiazole rings is 1. The third-order valence-electron chi connectivity index (χ3n) is 2.17. The minimum atomic E-state index is 0.809. The number of nitrogens with zero attached hydrogens (tertiary/aromatic N) is 2. The molecule has 2 aromatic rings. The van der Waals surface area contributed by atoms with Gasteiger partial charge in [-0.3, -0.25) is 5.43 Å². The fraction of sp³-hybridized carbons (Fsp3) is 0.167. The van der Waals surface area contributed by atoms with E-state index in [9.17, 15) is 0 Å². The van der Waals surface area contributed by atoms with Gasteiger partial charge in [-0.05, 0) is 46.8 Å². The van der Waals surface area contributed by atoms with Gasteiger partial charge in [-0.1, -0.05) is 6.07 Å². The Morgan fingerprint density at radius 1 is 1.50 bits per heavy atom. The van der Waals surface area contributed by atoms with Gasteiger partial charge in [0.1, 0.15) is 0 Å². The highest BCUT2D eigenvalue weighted by atomic mass is 79.9. The lowest BCUT2D eigenvalue weighted by atomic mass is 10.2. The number of aryl methyl sites for hydroxylation is 1. The van der Waals surface area contributed by atoms with E-state index in [0.29, 0.717) is 0 Å². The number of hydrazone groups is 1. The topological polar surface area (TPSA) is 37.3 Å². The molecule has 0 fully saturated rings. The van der Waals surface area contributed by atoms with E-state index >= 15 is 0 Å². The molecule has 6 heteroatoms. The van der Waals surface area contributed by atoms with Gasteiger partial charge in [-0.2, -0.15) is 5.10 Å². The number of anilines is 1. The standard InChI is InChI=1S/C12H12BrN3S2/c1-8-7-18-12(15-8)16-14-6-9-3-4-11(17-2)10(13)5-9/h3-7H,1-2H3,(H,15,16). The zero-order valence-electron chi connectivity index (χ0n) is 9.98. The monoisotopic (exact) mass is 341 g/mol. The molecule has 0 aliphatic rings. The van der Waals surface area contributed by atoms with Crippen molar-refractivity contribution in [3.05, 3.63) is 39.3 Å². The average molecular weight is 342 g/mol. The molecule has 0 aliphatic heterocycles. The maximum Gasteiger partial charge on any atom is 0.203 e. The summed E-state index contributed by atoms with van der Waals surface area (Å²) in [5, 5.41) is 6.96. The van der Waals surface area contributed by atoms with Gasteiger partial charge in [0.25, 0.3) is 0 Å². The van der Waals surface area contributed by atoms with Crippen LogP contribution in [0.5, 0.6) is 0 Å². The summed E-state index contributed by atoms with van der Waals surface area (Å²) in [6.07, 6.45) is 3.84. The van der Waals surface area contributed by atoms with Crippen molar-refractivity contribution in [2.75, 3.05) is 11.7 Å². The number of nitrogens with one attached hydrogen (secondary N) is 1. The number of benzene rings is 1. The summed E-state index contributed by atoms with van der Waals surface area (Å²) in [5.74, 6) is 0. The zero-order valence-corrected chi connectivity index (χ0v) is 13.2. The third kappa shape index (κ3) is 3.57. The first-order valence-corrected chi connectivity index (χ1v) is 8.13. The van der Waals surface area contributed by atoms with Crippen LogP contribution in [0, 0.1) is 6.92 Å². The Hall–Kier alpha value is -0.850. The highest BCUT2D eigenvalue weighted by molar-refractivity contribution is 9.10. The molecule has 1 aromatic carbocycles. The molecular weight excluding hydrogens is 330 g/mol. The van der Waals surface area contributed by atoms with Crippen molar-refractivity contribution in [1.29, 1.82) is 0 Å². The predicted molar refractivity (Wildman–Crippen MR) is 84.0 cm³/mol. The minimum absolute atomic E-state index is 0.809. The van der Waals surface area contributed by atoms with Crippen molar-refractivity contribution in [2.24, 2.45) is 5.10 Å². The summed E-state index contributed by atoms with van der Waals surface area (Å²) in [6.45, 7) is 1.96. The summed E-state index contributed by atoms with van der Waals surface area (Å²) in [4.78, 5) is 5.49. The van der Waals surface area contributed by atoms with Crippen LogP contribution in [0.25, 0.3) is 0 Å². The van der Waals surface area contributed by atoms with E-state index in [4.69, 9.17) is 0 Å². The Bertz CT molecular complexity index is 566. The number of aromatic nitrogens is 1. The first-order valence-electron chi connectivity index (χ1n) is 5.24. The second kappa shape index (κ2) is 6.36. The van der Waals surface area contributed by atoms with Gasteiger partial charge in [0.05, 0.1) is 11.9 Å². The Balaban J connectivity index is 2.03. The van der Waals surface area contributed by atoms with Gasteiger partial charge < -0.3 is 0 Å². The number of rotatable bonds is 4. The van der Waals surface area contributed by atoms with E-state index in [0.717, 1.165) is 20.9 Å². The van der Waals surface area contributed by atoms with Crippen molar-refractivity contribution in [2.45, 2.75) is 11.8 Å². The fourth-order valence-corrected chi connectivity index (χ4v) is 3.31. The molecule has 1 heterocycles. The summed E-state index contributed by atoms with van der Waals surface area (Å²) in [7, 11) is 0. The Morgan fingerprint density at radius 2 is 2.33 bits per heavy atom. The van der Waals surface area contributed by atoms with E-state index in [1.165, 1.54) is 4.90 Å². The van der Waals surface area contributed by atoms with E-state index in [-0.39, 0.29) is 0 Å². The molecule has 0 spiro atoms. The maximum atomic E-state index is 4.27. The summed E-state index contributed by atoms with van der Waals surface area (Å²) in [5.41, 5.74) is 4.96.